The fraction of sp³-hybridized carbons (Fsp3) is 0.533. The first kappa shape index (κ1) is 16.9. The summed E-state index contributed by atoms with van der Waals surface area (Å²) in [4.78, 5) is 18.1. The molecule has 0 spiro atoms. The van der Waals surface area contributed by atoms with Gasteiger partial charge in [0.05, 0.1) is 5.69 Å². The summed E-state index contributed by atoms with van der Waals surface area (Å²) in [6.45, 7) is 7.42. The van der Waals surface area contributed by atoms with Crippen LogP contribution in [0.15, 0.2) is 23.3 Å². The van der Waals surface area contributed by atoms with Crippen molar-refractivity contribution in [2.24, 2.45) is 5.11 Å². The summed E-state index contributed by atoms with van der Waals surface area (Å²) in [6, 6.07) is 4.36. The molecule has 1 aliphatic heterocycles. The van der Waals surface area contributed by atoms with E-state index in [1.807, 2.05) is 25.7 Å². The van der Waals surface area contributed by atoms with Gasteiger partial charge in [0.25, 0.3) is 0 Å². The second-order valence-corrected chi connectivity index (χ2v) is 6.28. The monoisotopic (exact) mass is 321 g/mol. The first-order chi connectivity index (χ1) is 10.8. The number of ether oxygens (including phenoxy) is 1. The molecule has 23 heavy (non-hydrogen) atoms. The van der Waals surface area contributed by atoms with Gasteiger partial charge in [-0.05, 0) is 38.4 Å². The lowest BCUT2D eigenvalue weighted by molar-refractivity contribution is 0.0240. The molecule has 1 aromatic rings. The number of azide groups is 1. The minimum Gasteiger partial charge on any atom is -0.444 e. The van der Waals surface area contributed by atoms with Crippen LogP contribution in [0.4, 0.5) is 20.6 Å². The van der Waals surface area contributed by atoms with Crippen molar-refractivity contribution in [1.82, 2.24) is 4.90 Å². The summed E-state index contributed by atoms with van der Waals surface area (Å²) in [7, 11) is 0. The zero-order valence-electron chi connectivity index (χ0n) is 13.5. The predicted molar refractivity (Wildman–Crippen MR) is 85.2 cm³/mol. The van der Waals surface area contributed by atoms with E-state index < -0.39 is 11.4 Å². The van der Waals surface area contributed by atoms with Crippen LogP contribution in [0, 0.1) is 5.82 Å². The van der Waals surface area contributed by atoms with Crippen molar-refractivity contribution < 1.29 is 13.9 Å². The van der Waals surface area contributed by atoms with Crippen LogP contribution in [0.1, 0.15) is 20.8 Å². The van der Waals surface area contributed by atoms with Crippen molar-refractivity contribution in [3.05, 3.63) is 34.5 Å². The lowest BCUT2D eigenvalue weighted by Gasteiger charge is -2.36. The van der Waals surface area contributed by atoms with Crippen molar-refractivity contribution in [1.29, 1.82) is 0 Å². The predicted octanol–water partition coefficient (Wildman–Crippen LogP) is 3.82. The van der Waals surface area contributed by atoms with Gasteiger partial charge in [-0.25, -0.2) is 9.18 Å². The second-order valence-electron chi connectivity index (χ2n) is 6.28. The van der Waals surface area contributed by atoms with Gasteiger partial charge in [0, 0.05) is 36.8 Å². The molecular formula is C15H20FN5O2. The molecular weight excluding hydrogens is 301 g/mol. The largest absolute Gasteiger partial charge is 0.444 e. The standard InChI is InChI=1S/C15H20FN5O2/c1-15(2,3)23-14(22)21-8-6-20(7-9-21)13-5-4-11(18-19-17)10-12(13)16/h4-5,10H,6-9H2,1-3H3. The zero-order valence-corrected chi connectivity index (χ0v) is 13.5. The van der Waals surface area contributed by atoms with Crippen LogP contribution in [0.3, 0.4) is 0 Å². The number of hydrogen-bond donors (Lipinski definition) is 0. The second kappa shape index (κ2) is 6.75. The Morgan fingerprint density at radius 2 is 1.96 bits per heavy atom. The van der Waals surface area contributed by atoms with E-state index in [-0.39, 0.29) is 11.8 Å². The number of carbonyl (C=O) groups excluding carboxylic acids is 1. The number of benzene rings is 1. The number of hydrogen-bond acceptors (Lipinski definition) is 4. The Labute approximate surface area is 134 Å². The summed E-state index contributed by atoms with van der Waals surface area (Å²) in [5.74, 6) is -0.444. The maximum absolute atomic E-state index is 14.1. The van der Waals surface area contributed by atoms with Gasteiger partial charge in [0.15, 0.2) is 0 Å². The summed E-state index contributed by atoms with van der Waals surface area (Å²) < 4.78 is 19.4. The molecule has 1 saturated heterocycles. The molecule has 1 aliphatic rings. The molecule has 2 rings (SSSR count). The van der Waals surface area contributed by atoms with E-state index in [0.717, 1.165) is 0 Å². The van der Waals surface area contributed by atoms with E-state index in [4.69, 9.17) is 10.3 Å². The lowest BCUT2D eigenvalue weighted by atomic mass is 10.2. The van der Waals surface area contributed by atoms with Gasteiger partial charge in [-0.1, -0.05) is 11.2 Å². The van der Waals surface area contributed by atoms with Crippen LogP contribution in [-0.4, -0.2) is 42.8 Å². The third-order valence-electron chi connectivity index (χ3n) is 3.36. The molecule has 0 aromatic heterocycles. The Kier molecular flexibility index (Phi) is 4.95. The molecule has 0 unspecified atom stereocenters. The Morgan fingerprint density at radius 1 is 1.30 bits per heavy atom. The molecule has 8 heteroatoms. The van der Waals surface area contributed by atoms with Crippen molar-refractivity contribution >= 4 is 17.5 Å². The Bertz CT molecular complexity index is 629. The van der Waals surface area contributed by atoms with Gasteiger partial charge in [-0.2, -0.15) is 0 Å². The number of halogens is 1. The molecule has 7 nitrogen and oxygen atoms in total. The molecule has 1 fully saturated rings. The van der Waals surface area contributed by atoms with Gasteiger partial charge < -0.3 is 14.5 Å². The molecule has 0 radical (unpaired) electrons. The molecule has 0 bridgehead atoms. The fourth-order valence-electron chi connectivity index (χ4n) is 2.32. The highest BCUT2D eigenvalue weighted by Gasteiger charge is 2.26. The van der Waals surface area contributed by atoms with E-state index in [1.165, 1.54) is 6.07 Å². The van der Waals surface area contributed by atoms with E-state index >= 15 is 0 Å². The van der Waals surface area contributed by atoms with E-state index in [9.17, 15) is 9.18 Å². The van der Waals surface area contributed by atoms with Gasteiger partial charge in [-0.15, -0.1) is 0 Å². The van der Waals surface area contributed by atoms with E-state index in [2.05, 4.69) is 10.0 Å². The normalized spacial score (nSPS) is 15.1. The molecule has 0 atom stereocenters. The van der Waals surface area contributed by atoms with Crippen LogP contribution in [0.5, 0.6) is 0 Å². The Morgan fingerprint density at radius 3 is 2.48 bits per heavy atom. The van der Waals surface area contributed by atoms with Crippen LogP contribution >= 0.6 is 0 Å². The quantitative estimate of drug-likeness (QED) is 0.471. The molecule has 1 heterocycles. The van der Waals surface area contributed by atoms with Gasteiger partial charge >= 0.3 is 6.09 Å². The average molecular weight is 321 g/mol. The third-order valence-corrected chi connectivity index (χ3v) is 3.36. The summed E-state index contributed by atoms with van der Waals surface area (Å²) in [6.07, 6.45) is -0.351. The molecule has 124 valence electrons. The average Bonchev–Trinajstić information content (AvgIpc) is 2.46. The third kappa shape index (κ3) is 4.50. The Balaban J connectivity index is 1.99. The number of anilines is 1. The zero-order chi connectivity index (χ0) is 17.0. The van der Waals surface area contributed by atoms with E-state index in [1.54, 1.807) is 17.0 Å². The fourth-order valence-corrected chi connectivity index (χ4v) is 2.32. The highest BCUT2D eigenvalue weighted by Crippen LogP contribution is 2.25. The number of carbonyl (C=O) groups is 1. The number of piperazine rings is 1. The minimum atomic E-state index is -0.530. The van der Waals surface area contributed by atoms with Crippen LogP contribution < -0.4 is 4.90 Å². The lowest BCUT2D eigenvalue weighted by Crippen LogP contribution is -2.50. The molecule has 0 saturated carbocycles. The minimum absolute atomic E-state index is 0.237. The molecule has 1 aromatic carbocycles. The van der Waals surface area contributed by atoms with Crippen molar-refractivity contribution in [3.63, 3.8) is 0 Å². The number of amides is 1. The smallest absolute Gasteiger partial charge is 0.410 e. The summed E-state index contributed by atoms with van der Waals surface area (Å²) in [5.41, 5.74) is 8.51. The van der Waals surface area contributed by atoms with Gasteiger partial charge in [0.2, 0.25) is 0 Å². The maximum atomic E-state index is 14.1. The van der Waals surface area contributed by atoms with Gasteiger partial charge in [-0.3, -0.25) is 0 Å². The molecule has 0 aliphatic carbocycles. The van der Waals surface area contributed by atoms with Crippen molar-refractivity contribution in [2.75, 3.05) is 31.1 Å². The van der Waals surface area contributed by atoms with Crippen LogP contribution in [0.2, 0.25) is 0 Å². The van der Waals surface area contributed by atoms with Crippen LogP contribution in [0.25, 0.3) is 10.4 Å². The maximum Gasteiger partial charge on any atom is 0.410 e. The highest BCUT2D eigenvalue weighted by molar-refractivity contribution is 5.68. The van der Waals surface area contributed by atoms with Gasteiger partial charge in [0.1, 0.15) is 11.4 Å². The SMILES string of the molecule is CC(C)(C)OC(=O)N1CCN(c2ccc(N=[N+]=[N-])cc2F)CC1. The number of nitrogens with zero attached hydrogens (tertiary/aromatic N) is 5. The molecule has 0 N–H and O–H groups in total. The number of rotatable bonds is 2. The molecule has 1 amide bonds. The first-order valence-electron chi connectivity index (χ1n) is 7.38. The van der Waals surface area contributed by atoms with Crippen molar-refractivity contribution in [2.45, 2.75) is 26.4 Å². The first-order valence-corrected chi connectivity index (χ1v) is 7.38. The summed E-state index contributed by atoms with van der Waals surface area (Å²) >= 11 is 0. The summed E-state index contributed by atoms with van der Waals surface area (Å²) in [5, 5.41) is 3.38. The van der Waals surface area contributed by atoms with E-state index in [0.29, 0.717) is 31.9 Å². The topological polar surface area (TPSA) is 81.5 Å². The van der Waals surface area contributed by atoms with Crippen molar-refractivity contribution in [3.8, 4) is 0 Å². The Hall–Kier alpha value is -2.47. The van der Waals surface area contributed by atoms with Crippen LogP contribution in [-0.2, 0) is 4.74 Å². The highest BCUT2D eigenvalue weighted by atomic mass is 19.1.